The lowest BCUT2D eigenvalue weighted by molar-refractivity contribution is 0.317. The van der Waals surface area contributed by atoms with Crippen LogP contribution >= 0.6 is 0 Å². The summed E-state index contributed by atoms with van der Waals surface area (Å²) in [6, 6.07) is 16.1. The third-order valence-corrected chi connectivity index (χ3v) is 3.10. The monoisotopic (exact) mass is 288 g/mol. The van der Waals surface area contributed by atoms with Crippen molar-refractivity contribution in [2.24, 2.45) is 0 Å². The predicted molar refractivity (Wildman–Crippen MR) is 91.8 cm³/mol. The number of benzene rings is 2. The van der Waals surface area contributed by atoms with Gasteiger partial charge in [-0.3, -0.25) is 0 Å². The van der Waals surface area contributed by atoms with Gasteiger partial charge in [-0.25, -0.2) is 0 Å². The van der Waals surface area contributed by atoms with Gasteiger partial charge >= 0.3 is 0 Å². The molecule has 0 aliphatic heterocycles. The Morgan fingerprint density at radius 2 is 1.45 bits per heavy atom. The van der Waals surface area contributed by atoms with Crippen LogP contribution in [0.1, 0.15) is 37.0 Å². The molecule has 0 aliphatic rings. The average Bonchev–Trinajstić information content (AvgIpc) is 2.58. The van der Waals surface area contributed by atoms with Gasteiger partial charge in [0, 0.05) is 17.5 Å². The second kappa shape index (κ2) is 8.60. The second-order valence-electron chi connectivity index (χ2n) is 4.92. The van der Waals surface area contributed by atoms with E-state index in [1.54, 1.807) is 0 Å². The third-order valence-electron chi connectivity index (χ3n) is 3.10. The molecule has 0 fully saturated rings. The van der Waals surface area contributed by atoms with Gasteiger partial charge in [-0.05, 0) is 55.3 Å². The van der Waals surface area contributed by atoms with E-state index in [0.717, 1.165) is 36.3 Å². The summed E-state index contributed by atoms with van der Waals surface area (Å²) in [5.41, 5.74) is 3.22. The highest BCUT2D eigenvalue weighted by atomic mass is 16.5. The minimum atomic E-state index is 0.750. The first kappa shape index (κ1) is 15.7. The van der Waals surface area contributed by atoms with E-state index in [1.807, 2.05) is 43.3 Å². The summed E-state index contributed by atoms with van der Waals surface area (Å²) in [4.78, 5) is 0. The van der Waals surface area contributed by atoms with Crippen molar-refractivity contribution in [1.29, 1.82) is 0 Å². The van der Waals surface area contributed by atoms with Gasteiger partial charge in [-0.15, -0.1) is 5.92 Å². The smallest absolute Gasteiger partial charge is 0.119 e. The number of rotatable bonds is 4. The molecule has 0 spiro atoms. The predicted octanol–water partition coefficient (Wildman–Crippen LogP) is 4.44. The maximum Gasteiger partial charge on any atom is 0.119 e. The van der Waals surface area contributed by atoms with Crippen molar-refractivity contribution in [3.8, 4) is 29.4 Å². The molecule has 0 N–H and O–H groups in total. The maximum atomic E-state index is 5.56. The number of hydrogen-bond acceptors (Lipinski definition) is 1. The van der Waals surface area contributed by atoms with E-state index in [0.29, 0.717) is 0 Å². The van der Waals surface area contributed by atoms with Crippen LogP contribution in [0, 0.1) is 23.7 Å². The summed E-state index contributed by atoms with van der Waals surface area (Å²) in [5.74, 6) is 13.2. The standard InChI is InChI=1S/C21H20O/c1-3-5-6-18-7-9-19(10-8-18)11-12-20-13-15-21(16-14-20)22-17-4-2/h7-10,13-16H,4,6,17H2,1-2H3. The van der Waals surface area contributed by atoms with Crippen LogP contribution in [0.5, 0.6) is 5.75 Å². The van der Waals surface area contributed by atoms with Crippen LogP contribution in [-0.2, 0) is 6.42 Å². The highest BCUT2D eigenvalue weighted by Crippen LogP contribution is 2.12. The SMILES string of the molecule is CC#CCc1ccc(C#Cc2ccc(OCCC)cc2)cc1. The van der Waals surface area contributed by atoms with Gasteiger partial charge in [0.15, 0.2) is 0 Å². The van der Waals surface area contributed by atoms with Gasteiger partial charge in [0.05, 0.1) is 6.61 Å². The molecule has 0 heterocycles. The molecule has 0 unspecified atom stereocenters. The quantitative estimate of drug-likeness (QED) is 0.756. The van der Waals surface area contributed by atoms with E-state index in [1.165, 1.54) is 5.56 Å². The molecule has 1 heteroatoms. The average molecular weight is 288 g/mol. The van der Waals surface area contributed by atoms with Crippen molar-refractivity contribution >= 4 is 0 Å². The molecule has 2 aromatic rings. The second-order valence-corrected chi connectivity index (χ2v) is 4.92. The van der Waals surface area contributed by atoms with Gasteiger partial charge in [0.2, 0.25) is 0 Å². The molecule has 0 atom stereocenters. The van der Waals surface area contributed by atoms with Crippen molar-refractivity contribution in [3.63, 3.8) is 0 Å². The maximum absolute atomic E-state index is 5.56. The highest BCUT2D eigenvalue weighted by Gasteiger charge is 1.93. The molecule has 1 nitrogen and oxygen atoms in total. The van der Waals surface area contributed by atoms with E-state index in [-0.39, 0.29) is 0 Å². The van der Waals surface area contributed by atoms with Crippen LogP contribution in [0.3, 0.4) is 0 Å². The van der Waals surface area contributed by atoms with Crippen molar-refractivity contribution in [2.45, 2.75) is 26.7 Å². The van der Waals surface area contributed by atoms with Crippen molar-refractivity contribution in [1.82, 2.24) is 0 Å². The fraction of sp³-hybridized carbons (Fsp3) is 0.238. The molecule has 0 aromatic heterocycles. The molecule has 22 heavy (non-hydrogen) atoms. The largest absolute Gasteiger partial charge is 0.494 e. The zero-order valence-corrected chi connectivity index (χ0v) is 13.1. The summed E-state index contributed by atoms with van der Waals surface area (Å²) in [5, 5.41) is 0. The van der Waals surface area contributed by atoms with Gasteiger partial charge in [-0.2, -0.15) is 0 Å². The van der Waals surface area contributed by atoms with Gasteiger partial charge in [0.1, 0.15) is 5.75 Å². The van der Waals surface area contributed by atoms with Crippen LogP contribution < -0.4 is 4.74 Å². The molecule has 0 saturated carbocycles. The normalized spacial score (nSPS) is 9.18. The van der Waals surface area contributed by atoms with E-state index in [9.17, 15) is 0 Å². The first-order valence-corrected chi connectivity index (χ1v) is 7.55. The molecule has 0 bridgehead atoms. The van der Waals surface area contributed by atoms with Crippen LogP contribution in [0.25, 0.3) is 0 Å². The van der Waals surface area contributed by atoms with Gasteiger partial charge < -0.3 is 4.74 Å². The Balaban J connectivity index is 2.01. The van der Waals surface area contributed by atoms with Gasteiger partial charge in [-0.1, -0.05) is 36.8 Å². The minimum absolute atomic E-state index is 0.750. The summed E-state index contributed by atoms with van der Waals surface area (Å²) < 4.78 is 5.56. The fourth-order valence-corrected chi connectivity index (χ4v) is 1.90. The van der Waals surface area contributed by atoms with E-state index in [4.69, 9.17) is 4.74 Å². The molecule has 2 rings (SSSR count). The van der Waals surface area contributed by atoms with E-state index < -0.39 is 0 Å². The van der Waals surface area contributed by atoms with Crippen molar-refractivity contribution in [3.05, 3.63) is 65.2 Å². The molecule has 2 aromatic carbocycles. The molecular formula is C21H20O. The van der Waals surface area contributed by atoms with Crippen molar-refractivity contribution in [2.75, 3.05) is 6.61 Å². The number of ether oxygens (including phenoxy) is 1. The summed E-state index contributed by atoms with van der Waals surface area (Å²) in [7, 11) is 0. The van der Waals surface area contributed by atoms with Crippen LogP contribution in [0.2, 0.25) is 0 Å². The van der Waals surface area contributed by atoms with Gasteiger partial charge in [0.25, 0.3) is 0 Å². The Labute approximate surface area is 133 Å². The lowest BCUT2D eigenvalue weighted by Gasteiger charge is -2.03. The third kappa shape index (κ3) is 5.04. The lowest BCUT2D eigenvalue weighted by atomic mass is 10.1. The first-order valence-electron chi connectivity index (χ1n) is 7.55. The lowest BCUT2D eigenvalue weighted by Crippen LogP contribution is -1.94. The van der Waals surface area contributed by atoms with Crippen LogP contribution in [-0.4, -0.2) is 6.61 Å². The Hall–Kier alpha value is -2.64. The Morgan fingerprint density at radius 3 is 2.00 bits per heavy atom. The molecule has 0 amide bonds. The first-order chi connectivity index (χ1) is 10.8. The fourth-order valence-electron chi connectivity index (χ4n) is 1.90. The van der Waals surface area contributed by atoms with E-state index in [2.05, 4.69) is 42.7 Å². The van der Waals surface area contributed by atoms with Crippen molar-refractivity contribution < 1.29 is 4.74 Å². The van der Waals surface area contributed by atoms with Crippen LogP contribution in [0.4, 0.5) is 0 Å². The molecular weight excluding hydrogens is 268 g/mol. The zero-order valence-electron chi connectivity index (χ0n) is 13.1. The van der Waals surface area contributed by atoms with Crippen LogP contribution in [0.15, 0.2) is 48.5 Å². The Bertz CT molecular complexity index is 701. The number of hydrogen-bond donors (Lipinski definition) is 0. The van der Waals surface area contributed by atoms with E-state index >= 15 is 0 Å². The highest BCUT2D eigenvalue weighted by molar-refractivity contribution is 5.45. The topological polar surface area (TPSA) is 9.23 Å². The summed E-state index contributed by atoms with van der Waals surface area (Å²) in [6.07, 6.45) is 1.81. The summed E-state index contributed by atoms with van der Waals surface area (Å²) in [6.45, 7) is 4.71. The molecule has 0 saturated heterocycles. The Kier molecular flexibility index (Phi) is 6.16. The Morgan fingerprint density at radius 1 is 0.864 bits per heavy atom. The summed E-state index contributed by atoms with van der Waals surface area (Å²) >= 11 is 0. The minimum Gasteiger partial charge on any atom is -0.494 e. The molecule has 110 valence electrons. The zero-order chi connectivity index (χ0) is 15.6. The molecule has 0 aliphatic carbocycles. The molecule has 0 radical (unpaired) electrons.